The third kappa shape index (κ3) is 5.30. The number of hydrogen-bond acceptors (Lipinski definition) is 4. The van der Waals surface area contributed by atoms with Crippen LogP contribution in [0.5, 0.6) is 0 Å². The first-order valence-electron chi connectivity index (χ1n) is 12.4. The van der Waals surface area contributed by atoms with E-state index in [1.165, 1.54) is 5.56 Å². The number of aromatic nitrogens is 1. The fourth-order valence-corrected chi connectivity index (χ4v) is 5.39. The topological polar surface area (TPSA) is 56.7 Å². The van der Waals surface area contributed by atoms with E-state index < -0.39 is 0 Å². The monoisotopic (exact) mass is 465 g/mol. The first-order chi connectivity index (χ1) is 17.2. The van der Waals surface area contributed by atoms with Gasteiger partial charge in [0, 0.05) is 54.1 Å². The molecular weight excluding hydrogens is 434 g/mol. The molecule has 3 heterocycles. The summed E-state index contributed by atoms with van der Waals surface area (Å²) in [6.45, 7) is 2.55. The van der Waals surface area contributed by atoms with Crippen LogP contribution < -0.4 is 0 Å². The summed E-state index contributed by atoms with van der Waals surface area (Å²) in [6, 6.07) is 24.4. The van der Waals surface area contributed by atoms with Gasteiger partial charge in [0.1, 0.15) is 0 Å². The zero-order valence-corrected chi connectivity index (χ0v) is 19.9. The molecule has 1 N–H and O–H groups in total. The van der Waals surface area contributed by atoms with E-state index in [-0.39, 0.29) is 30.5 Å². The molecule has 0 unspecified atom stereocenters. The van der Waals surface area contributed by atoms with Crippen LogP contribution in [-0.2, 0) is 11.2 Å². The third-order valence-corrected chi connectivity index (χ3v) is 7.20. The number of pyridine rings is 1. The number of carbonyl (C=O) groups is 1. The van der Waals surface area contributed by atoms with Crippen LogP contribution in [0.2, 0.25) is 0 Å². The van der Waals surface area contributed by atoms with Crippen molar-refractivity contribution in [3.05, 3.63) is 101 Å². The highest BCUT2D eigenvalue weighted by molar-refractivity contribution is 5.78. The first-order valence-corrected chi connectivity index (χ1v) is 12.4. The maximum atomic E-state index is 13.1. The van der Waals surface area contributed by atoms with Gasteiger partial charge >= 0.3 is 0 Å². The Morgan fingerprint density at radius 3 is 2.34 bits per heavy atom. The molecule has 3 aromatic rings. The summed E-state index contributed by atoms with van der Waals surface area (Å²) in [7, 11) is 0. The van der Waals surface area contributed by atoms with Gasteiger partial charge in [0.05, 0.1) is 13.0 Å². The van der Waals surface area contributed by atoms with Gasteiger partial charge in [0.15, 0.2) is 0 Å². The number of carbonyl (C=O) groups excluding carboxylic acids is 1. The second-order valence-corrected chi connectivity index (χ2v) is 9.36. The fourth-order valence-electron chi connectivity index (χ4n) is 5.39. The highest BCUT2D eigenvalue weighted by atomic mass is 16.3. The standard InChI is InChI=1S/C30H31N3O2/c34-22-28-30(25-15-13-24(14-16-25)12-11-23-8-2-1-3-9-23)27-21-32(18-6-7-19-33(27)28)29(35)20-26-10-4-5-17-31-26/h1-5,8-10,13-17,27-28,30,34H,6-7,18-22H2/t27-,28-,30-/m1/s1. The Bertz CT molecular complexity index is 1190. The van der Waals surface area contributed by atoms with Gasteiger partial charge in [-0.25, -0.2) is 0 Å². The number of hydrogen-bond donors (Lipinski definition) is 1. The van der Waals surface area contributed by atoms with Crippen molar-refractivity contribution < 1.29 is 9.90 Å². The number of aliphatic hydroxyl groups excluding tert-OH is 1. The maximum Gasteiger partial charge on any atom is 0.228 e. The summed E-state index contributed by atoms with van der Waals surface area (Å²) in [5.41, 5.74) is 3.98. The Balaban J connectivity index is 1.32. The lowest BCUT2D eigenvalue weighted by atomic mass is 9.74. The normalized spacial score (nSPS) is 22.1. The molecular formula is C30H31N3O2. The number of benzene rings is 2. The Morgan fingerprint density at radius 2 is 1.63 bits per heavy atom. The minimum Gasteiger partial charge on any atom is -0.395 e. The lowest BCUT2D eigenvalue weighted by Gasteiger charge is -2.57. The Kier molecular flexibility index (Phi) is 7.23. The average molecular weight is 466 g/mol. The van der Waals surface area contributed by atoms with Crippen molar-refractivity contribution in [1.29, 1.82) is 0 Å². The van der Waals surface area contributed by atoms with Gasteiger partial charge in [-0.1, -0.05) is 48.2 Å². The Morgan fingerprint density at radius 1 is 0.914 bits per heavy atom. The predicted octanol–water partition coefficient (Wildman–Crippen LogP) is 3.48. The van der Waals surface area contributed by atoms with Crippen molar-refractivity contribution >= 4 is 5.91 Å². The van der Waals surface area contributed by atoms with Crippen LogP contribution >= 0.6 is 0 Å². The minimum atomic E-state index is 0.0899. The predicted molar refractivity (Wildman–Crippen MR) is 137 cm³/mol. The number of fused-ring (bicyclic) bond motifs is 1. The van der Waals surface area contributed by atoms with Crippen molar-refractivity contribution in [2.45, 2.75) is 37.3 Å². The molecule has 0 aliphatic carbocycles. The molecule has 0 radical (unpaired) electrons. The average Bonchev–Trinajstić information content (AvgIpc) is 2.88. The van der Waals surface area contributed by atoms with E-state index in [1.54, 1.807) is 6.20 Å². The number of aliphatic hydroxyl groups is 1. The molecule has 0 spiro atoms. The van der Waals surface area contributed by atoms with Gasteiger partial charge in [-0.3, -0.25) is 14.7 Å². The molecule has 5 nitrogen and oxygen atoms in total. The molecule has 5 rings (SSSR count). The van der Waals surface area contributed by atoms with E-state index >= 15 is 0 Å². The number of nitrogens with zero attached hydrogens (tertiary/aromatic N) is 3. The van der Waals surface area contributed by atoms with Crippen LogP contribution in [0.1, 0.15) is 41.1 Å². The molecule has 178 valence electrons. The molecule has 0 saturated carbocycles. The van der Waals surface area contributed by atoms with E-state index in [0.717, 1.165) is 42.8 Å². The second kappa shape index (κ2) is 10.9. The van der Waals surface area contributed by atoms with Crippen molar-refractivity contribution in [2.24, 2.45) is 0 Å². The van der Waals surface area contributed by atoms with Crippen molar-refractivity contribution in [3.8, 4) is 11.8 Å². The fraction of sp³-hybridized carbons (Fsp3) is 0.333. The van der Waals surface area contributed by atoms with Crippen molar-refractivity contribution in [3.63, 3.8) is 0 Å². The highest BCUT2D eigenvalue weighted by Crippen LogP contribution is 2.42. The molecule has 1 amide bonds. The van der Waals surface area contributed by atoms with Crippen LogP contribution in [0.4, 0.5) is 0 Å². The summed E-state index contributed by atoms with van der Waals surface area (Å²) in [5.74, 6) is 6.77. The summed E-state index contributed by atoms with van der Waals surface area (Å²) >= 11 is 0. The molecule has 2 aromatic carbocycles. The van der Waals surface area contributed by atoms with Gasteiger partial charge in [0.25, 0.3) is 0 Å². The summed E-state index contributed by atoms with van der Waals surface area (Å²) in [5, 5.41) is 10.2. The van der Waals surface area contributed by atoms with Crippen LogP contribution in [-0.4, -0.2) is 64.1 Å². The zero-order valence-electron chi connectivity index (χ0n) is 19.9. The van der Waals surface area contributed by atoms with Crippen molar-refractivity contribution in [2.75, 3.05) is 26.2 Å². The summed E-state index contributed by atoms with van der Waals surface area (Å²) in [4.78, 5) is 21.9. The molecule has 0 bridgehead atoms. The number of rotatable bonds is 4. The summed E-state index contributed by atoms with van der Waals surface area (Å²) in [6.07, 6.45) is 4.08. The van der Waals surface area contributed by atoms with E-state index in [1.807, 2.05) is 53.4 Å². The van der Waals surface area contributed by atoms with Gasteiger partial charge in [0.2, 0.25) is 5.91 Å². The van der Waals surface area contributed by atoms with E-state index in [4.69, 9.17) is 0 Å². The smallest absolute Gasteiger partial charge is 0.228 e. The quantitative estimate of drug-likeness (QED) is 0.600. The third-order valence-electron chi connectivity index (χ3n) is 7.20. The van der Waals surface area contributed by atoms with Crippen LogP contribution in [0, 0.1) is 11.8 Å². The Labute approximate surface area is 207 Å². The van der Waals surface area contributed by atoms with Gasteiger partial charge in [-0.15, -0.1) is 0 Å². The molecule has 2 saturated heterocycles. The lowest BCUT2D eigenvalue weighted by Crippen LogP contribution is -2.68. The van der Waals surface area contributed by atoms with E-state index in [2.05, 4.69) is 46.0 Å². The van der Waals surface area contributed by atoms with Crippen LogP contribution in [0.3, 0.4) is 0 Å². The molecule has 5 heteroatoms. The Hall–Kier alpha value is -3.46. The SMILES string of the molecule is O=C(Cc1ccccn1)N1CCCCN2[C@H](CO)[C@H](c3ccc(C#Cc4ccccc4)cc3)[C@H]2C1. The van der Waals surface area contributed by atoms with Crippen molar-refractivity contribution in [1.82, 2.24) is 14.8 Å². The zero-order chi connectivity index (χ0) is 24.0. The molecule has 2 aliphatic rings. The van der Waals surface area contributed by atoms with Gasteiger partial charge in [-0.05, 0) is 61.3 Å². The first kappa shape index (κ1) is 23.3. The summed E-state index contributed by atoms with van der Waals surface area (Å²) < 4.78 is 0. The van der Waals surface area contributed by atoms with Crippen LogP contribution in [0.15, 0.2) is 79.0 Å². The lowest BCUT2D eigenvalue weighted by molar-refractivity contribution is -0.135. The number of amides is 1. The molecule has 2 fully saturated rings. The van der Waals surface area contributed by atoms with E-state index in [0.29, 0.717) is 13.0 Å². The largest absolute Gasteiger partial charge is 0.395 e. The molecule has 35 heavy (non-hydrogen) atoms. The van der Waals surface area contributed by atoms with Gasteiger partial charge in [-0.2, -0.15) is 0 Å². The van der Waals surface area contributed by atoms with Gasteiger partial charge < -0.3 is 10.0 Å². The molecule has 3 atom stereocenters. The highest BCUT2D eigenvalue weighted by Gasteiger charge is 2.49. The second-order valence-electron chi connectivity index (χ2n) is 9.36. The maximum absolute atomic E-state index is 13.1. The molecule has 2 aliphatic heterocycles. The van der Waals surface area contributed by atoms with E-state index in [9.17, 15) is 9.90 Å². The van der Waals surface area contributed by atoms with Crippen LogP contribution in [0.25, 0.3) is 0 Å². The molecule has 1 aromatic heterocycles. The minimum absolute atomic E-state index is 0.0899.